The van der Waals surface area contributed by atoms with Crippen molar-refractivity contribution in [1.29, 1.82) is 0 Å². The molecule has 0 N–H and O–H groups in total. The molecule has 0 saturated carbocycles. The Morgan fingerprint density at radius 3 is 2.35 bits per heavy atom. The van der Waals surface area contributed by atoms with E-state index in [-0.39, 0.29) is 10.0 Å². The quantitative estimate of drug-likeness (QED) is 0.484. The number of alkyl halides is 3. The minimum absolute atomic E-state index is 0.0826. The van der Waals surface area contributed by atoms with Gasteiger partial charge in [-0.25, -0.2) is 4.39 Å². The molecule has 1 aromatic carbocycles. The van der Waals surface area contributed by atoms with Crippen LogP contribution in [0.1, 0.15) is 5.56 Å². The van der Waals surface area contributed by atoms with E-state index in [1.165, 1.54) is 0 Å². The van der Waals surface area contributed by atoms with Crippen LogP contribution in [0.25, 0.3) is 0 Å². The van der Waals surface area contributed by atoms with Gasteiger partial charge in [0.25, 0.3) is 0 Å². The fraction of sp³-hybridized carbons (Fsp3) is 0.250. The average molecular weight is 337 g/mol. The van der Waals surface area contributed by atoms with Gasteiger partial charge < -0.3 is 0 Å². The Morgan fingerprint density at radius 2 is 1.88 bits per heavy atom. The van der Waals surface area contributed by atoms with E-state index in [4.69, 9.17) is 0 Å². The van der Waals surface area contributed by atoms with Crippen molar-refractivity contribution in [3.63, 3.8) is 0 Å². The summed E-state index contributed by atoms with van der Waals surface area (Å²) >= 11 is 2.87. The smallest absolute Gasteiger partial charge is 0.258 e. The van der Waals surface area contributed by atoms with Crippen LogP contribution in [0.5, 0.6) is 0 Å². The van der Waals surface area contributed by atoms with Crippen LogP contribution in [0.15, 0.2) is 22.7 Å². The van der Waals surface area contributed by atoms with Crippen molar-refractivity contribution < 1.29 is 30.2 Å². The largest absolute Gasteiger partial charge is 0.523 e. The molecule has 0 radical (unpaired) electrons. The van der Waals surface area contributed by atoms with Crippen LogP contribution in [0.3, 0.4) is 0 Å². The summed E-state index contributed by atoms with van der Waals surface area (Å²) in [7, 11) is -5.64. The summed E-state index contributed by atoms with van der Waals surface area (Å²) in [5.41, 5.74) is -5.39. The lowest BCUT2D eigenvalue weighted by molar-refractivity contribution is -0.0548. The Balaban J connectivity index is 2.82. The molecule has 0 spiro atoms. The summed E-state index contributed by atoms with van der Waals surface area (Å²) in [5, 5.41) is 0. The Morgan fingerprint density at radius 1 is 1.29 bits per heavy atom. The van der Waals surface area contributed by atoms with Gasteiger partial charge in [-0.2, -0.15) is 21.6 Å². The molecule has 9 heteroatoms. The van der Waals surface area contributed by atoms with E-state index < -0.39 is 28.1 Å². The molecule has 0 amide bonds. The summed E-state index contributed by atoms with van der Waals surface area (Å²) in [6, 6.07) is 3.08. The maximum Gasteiger partial charge on any atom is 0.523 e. The van der Waals surface area contributed by atoms with Crippen molar-refractivity contribution in [2.24, 2.45) is 0 Å². The van der Waals surface area contributed by atoms with Crippen molar-refractivity contribution in [2.75, 3.05) is 0 Å². The van der Waals surface area contributed by atoms with Gasteiger partial charge in [0.1, 0.15) is 5.82 Å². The van der Waals surface area contributed by atoms with E-state index in [1.54, 1.807) is 0 Å². The molecule has 0 atom stereocenters. The third kappa shape index (κ3) is 3.65. The molecule has 0 aromatic heterocycles. The first-order chi connectivity index (χ1) is 7.63. The second-order valence-electron chi connectivity index (χ2n) is 2.90. The molecule has 0 unspecified atom stereocenters. The number of hydrogen-bond acceptors (Lipinski definition) is 3. The van der Waals surface area contributed by atoms with Gasteiger partial charge in [-0.1, -0.05) is 22.0 Å². The monoisotopic (exact) mass is 336 g/mol. The van der Waals surface area contributed by atoms with E-state index in [1.807, 2.05) is 0 Å². The van der Waals surface area contributed by atoms with Crippen LogP contribution in [0, 0.1) is 5.82 Å². The Hall–Kier alpha value is -0.670. The summed E-state index contributed by atoms with van der Waals surface area (Å²) in [6.07, 6.45) is 0. The molecule has 96 valence electrons. The molecule has 0 heterocycles. The minimum atomic E-state index is -5.64. The SMILES string of the molecule is O=S(=O)(OCc1ccc(F)cc1Br)C(F)(F)F. The van der Waals surface area contributed by atoms with Gasteiger partial charge in [-0.3, -0.25) is 4.18 Å². The zero-order valence-electron chi connectivity index (χ0n) is 7.96. The molecule has 3 nitrogen and oxygen atoms in total. The lowest BCUT2D eigenvalue weighted by Gasteiger charge is -2.09. The second kappa shape index (κ2) is 4.91. The third-order valence-corrected chi connectivity index (χ3v) is 3.40. The van der Waals surface area contributed by atoms with E-state index in [0.29, 0.717) is 0 Å². The standard InChI is InChI=1S/C8H5BrF4O3S/c9-7-3-6(10)2-1-5(7)4-16-17(14,15)8(11,12)13/h1-3H,4H2. The zero-order chi connectivity index (χ0) is 13.3. The predicted molar refractivity (Wildman–Crippen MR) is 53.9 cm³/mol. The Kier molecular flexibility index (Phi) is 4.15. The van der Waals surface area contributed by atoms with Crippen LogP contribution in [-0.4, -0.2) is 13.9 Å². The first kappa shape index (κ1) is 14.4. The highest BCUT2D eigenvalue weighted by Crippen LogP contribution is 2.27. The summed E-state index contributed by atoms with van der Waals surface area (Å²) in [5.74, 6) is -0.612. The van der Waals surface area contributed by atoms with Crippen molar-refractivity contribution in [3.05, 3.63) is 34.1 Å². The molecule has 0 saturated heterocycles. The van der Waals surface area contributed by atoms with Gasteiger partial charge in [0.2, 0.25) is 0 Å². The topological polar surface area (TPSA) is 43.4 Å². The van der Waals surface area contributed by atoms with Crippen LogP contribution in [0.2, 0.25) is 0 Å². The van der Waals surface area contributed by atoms with Crippen LogP contribution in [-0.2, 0) is 20.9 Å². The van der Waals surface area contributed by atoms with Gasteiger partial charge in [0.05, 0.1) is 6.61 Å². The van der Waals surface area contributed by atoms with E-state index in [0.717, 1.165) is 18.2 Å². The molecule has 0 aliphatic heterocycles. The summed E-state index contributed by atoms with van der Waals surface area (Å²) < 4.78 is 73.4. The third-order valence-electron chi connectivity index (χ3n) is 1.67. The van der Waals surface area contributed by atoms with Gasteiger partial charge in [0, 0.05) is 4.47 Å². The fourth-order valence-electron chi connectivity index (χ4n) is 0.847. The highest BCUT2D eigenvalue weighted by molar-refractivity contribution is 9.10. The van der Waals surface area contributed by atoms with Gasteiger partial charge in [-0.05, 0) is 17.7 Å². The molecule has 0 bridgehead atoms. The lowest BCUT2D eigenvalue weighted by Crippen LogP contribution is -2.25. The molecule has 1 aromatic rings. The van der Waals surface area contributed by atoms with Crippen LogP contribution < -0.4 is 0 Å². The fourth-order valence-corrected chi connectivity index (χ4v) is 1.73. The molecule has 0 aliphatic carbocycles. The van der Waals surface area contributed by atoms with Gasteiger partial charge >= 0.3 is 15.6 Å². The summed E-state index contributed by atoms with van der Waals surface area (Å²) in [6.45, 7) is -0.831. The predicted octanol–water partition coefficient (Wildman–Crippen LogP) is 2.95. The van der Waals surface area contributed by atoms with Crippen molar-refractivity contribution >= 4 is 26.0 Å². The Labute approximate surface area is 103 Å². The van der Waals surface area contributed by atoms with Gasteiger partial charge in [0.15, 0.2) is 0 Å². The van der Waals surface area contributed by atoms with Crippen molar-refractivity contribution in [2.45, 2.75) is 12.1 Å². The molecule has 17 heavy (non-hydrogen) atoms. The molecule has 1 rings (SSSR count). The number of rotatable bonds is 3. The first-order valence-electron chi connectivity index (χ1n) is 4.03. The molecule has 0 fully saturated rings. The Bertz CT molecular complexity index is 512. The number of hydrogen-bond donors (Lipinski definition) is 0. The highest BCUT2D eigenvalue weighted by Gasteiger charge is 2.47. The number of benzene rings is 1. The molecular formula is C8H5BrF4O3S. The first-order valence-corrected chi connectivity index (χ1v) is 6.23. The molecule has 0 aliphatic rings. The lowest BCUT2D eigenvalue weighted by atomic mass is 10.2. The van der Waals surface area contributed by atoms with Gasteiger partial charge in [-0.15, -0.1) is 0 Å². The van der Waals surface area contributed by atoms with E-state index >= 15 is 0 Å². The van der Waals surface area contributed by atoms with Crippen LogP contribution in [0.4, 0.5) is 17.6 Å². The molecular weight excluding hydrogens is 332 g/mol. The minimum Gasteiger partial charge on any atom is -0.258 e. The highest BCUT2D eigenvalue weighted by atomic mass is 79.9. The normalized spacial score (nSPS) is 12.8. The van der Waals surface area contributed by atoms with Crippen molar-refractivity contribution in [1.82, 2.24) is 0 Å². The second-order valence-corrected chi connectivity index (χ2v) is 5.36. The number of halogens is 5. The van der Waals surface area contributed by atoms with E-state index in [9.17, 15) is 26.0 Å². The van der Waals surface area contributed by atoms with E-state index in [2.05, 4.69) is 20.1 Å². The van der Waals surface area contributed by atoms with Crippen molar-refractivity contribution in [3.8, 4) is 0 Å². The maximum atomic E-state index is 12.6. The zero-order valence-corrected chi connectivity index (χ0v) is 10.4. The van der Waals surface area contributed by atoms with Crippen LogP contribution >= 0.6 is 15.9 Å². The maximum absolute atomic E-state index is 12.6. The average Bonchev–Trinajstić information content (AvgIpc) is 2.14. The summed E-state index contributed by atoms with van der Waals surface area (Å²) in [4.78, 5) is 0.